The molecule has 0 fully saturated rings. The first-order valence-electron chi connectivity index (χ1n) is 7.07. The van der Waals surface area contributed by atoms with E-state index in [1.54, 1.807) is 7.11 Å². The zero-order chi connectivity index (χ0) is 15.4. The van der Waals surface area contributed by atoms with Crippen molar-refractivity contribution in [2.75, 3.05) is 14.2 Å². The lowest BCUT2D eigenvalue weighted by molar-refractivity contribution is 0.0719. The fourth-order valence-electron chi connectivity index (χ4n) is 2.66. The van der Waals surface area contributed by atoms with E-state index in [0.29, 0.717) is 6.54 Å². The molecule has 1 heterocycles. The monoisotopic (exact) mass is 286 g/mol. The van der Waals surface area contributed by atoms with Crippen LogP contribution in [0.2, 0.25) is 0 Å². The van der Waals surface area contributed by atoms with Crippen LogP contribution in [-0.2, 0) is 6.54 Å². The predicted molar refractivity (Wildman–Crippen MR) is 84.3 cm³/mol. The van der Waals surface area contributed by atoms with Gasteiger partial charge in [-0.3, -0.25) is 4.79 Å². The number of rotatable bonds is 7. The first kappa shape index (κ1) is 15.2. The number of hydrogen-bond donors (Lipinski definition) is 1. The van der Waals surface area contributed by atoms with Gasteiger partial charge < -0.3 is 15.0 Å². The molecule has 2 rings (SSSR count). The maximum Gasteiger partial charge on any atom is 0.255 e. The van der Waals surface area contributed by atoms with Crippen molar-refractivity contribution in [1.29, 1.82) is 0 Å². The lowest BCUT2D eigenvalue weighted by Crippen LogP contribution is -2.39. The van der Waals surface area contributed by atoms with Crippen molar-refractivity contribution in [1.82, 2.24) is 10.2 Å². The van der Waals surface area contributed by atoms with Crippen LogP contribution in [0.25, 0.3) is 0 Å². The predicted octanol–water partition coefficient (Wildman–Crippen LogP) is 2.72. The third-order valence-corrected chi connectivity index (χ3v) is 3.89. The van der Waals surface area contributed by atoms with Gasteiger partial charge in [-0.15, -0.1) is 6.58 Å². The normalized spacial score (nSPS) is 14.6. The van der Waals surface area contributed by atoms with Gasteiger partial charge >= 0.3 is 0 Å². The summed E-state index contributed by atoms with van der Waals surface area (Å²) in [5.41, 5.74) is 2.61. The molecule has 0 radical (unpaired) electrons. The lowest BCUT2D eigenvalue weighted by atomic mass is 10.1. The highest BCUT2D eigenvalue weighted by Crippen LogP contribution is 2.30. The van der Waals surface area contributed by atoms with Crippen LogP contribution < -0.4 is 10.1 Å². The van der Waals surface area contributed by atoms with Gasteiger partial charge in [0.1, 0.15) is 5.75 Å². The molecule has 1 atom stereocenters. The summed E-state index contributed by atoms with van der Waals surface area (Å²) < 4.78 is 5.23. The van der Waals surface area contributed by atoms with Crippen LogP contribution in [0.4, 0.5) is 0 Å². The highest BCUT2D eigenvalue weighted by molar-refractivity contribution is 5.98. The molecule has 0 aliphatic carbocycles. The Kier molecular flexibility index (Phi) is 4.68. The Labute approximate surface area is 126 Å². The fraction of sp³-hybridized carbons (Fsp3) is 0.353. The zero-order valence-corrected chi connectivity index (χ0v) is 12.7. The van der Waals surface area contributed by atoms with Gasteiger partial charge in [-0.2, -0.15) is 0 Å². The average Bonchev–Trinajstić information content (AvgIpc) is 2.83. The number of likely N-dealkylation sites (N-methyl/N-ethyl adjacent to an activating group) is 1. The number of nitrogens with zero attached hydrogens (tertiary/aromatic N) is 1. The maximum absolute atomic E-state index is 12.6. The number of carbonyl (C=O) groups is 1. The third-order valence-electron chi connectivity index (χ3n) is 3.89. The molecule has 1 aliphatic rings. The van der Waals surface area contributed by atoms with Crippen molar-refractivity contribution in [3.63, 3.8) is 0 Å². The highest BCUT2D eigenvalue weighted by atomic mass is 16.5. The smallest absolute Gasteiger partial charge is 0.255 e. The van der Waals surface area contributed by atoms with E-state index in [1.165, 1.54) is 0 Å². The molecule has 1 amide bonds. The van der Waals surface area contributed by atoms with Crippen molar-refractivity contribution in [3.8, 4) is 5.75 Å². The summed E-state index contributed by atoms with van der Waals surface area (Å²) in [6, 6.07) is 5.56. The minimum Gasteiger partial charge on any atom is -0.497 e. The minimum absolute atomic E-state index is 0.0288. The zero-order valence-electron chi connectivity index (χ0n) is 12.7. The van der Waals surface area contributed by atoms with Crippen LogP contribution in [-0.4, -0.2) is 31.0 Å². The number of methoxy groups -OCH3 is 1. The second-order valence-corrected chi connectivity index (χ2v) is 5.11. The molecule has 21 heavy (non-hydrogen) atoms. The van der Waals surface area contributed by atoms with Crippen molar-refractivity contribution in [2.45, 2.75) is 25.4 Å². The number of fused-ring (bicyclic) bond motifs is 1. The summed E-state index contributed by atoms with van der Waals surface area (Å²) in [6.07, 6.45) is 3.53. The molecule has 1 unspecified atom stereocenters. The Bertz CT molecular complexity index is 566. The number of hydrogen-bond acceptors (Lipinski definition) is 3. The molecular formula is C17H22N2O2. The summed E-state index contributed by atoms with van der Waals surface area (Å²) in [6.45, 7) is 8.38. The largest absolute Gasteiger partial charge is 0.497 e. The van der Waals surface area contributed by atoms with Crippen molar-refractivity contribution >= 4 is 5.91 Å². The second kappa shape index (κ2) is 6.48. The van der Waals surface area contributed by atoms with E-state index in [9.17, 15) is 4.79 Å². The third kappa shape index (κ3) is 2.94. The second-order valence-electron chi connectivity index (χ2n) is 5.11. The van der Waals surface area contributed by atoms with E-state index >= 15 is 0 Å². The maximum atomic E-state index is 12.6. The van der Waals surface area contributed by atoms with E-state index in [0.717, 1.165) is 35.4 Å². The molecule has 4 nitrogen and oxygen atoms in total. The molecule has 0 saturated carbocycles. The highest BCUT2D eigenvalue weighted by Gasteiger charge is 2.33. The Hall–Kier alpha value is -2.23. The number of amides is 1. The molecule has 0 bridgehead atoms. The Morgan fingerprint density at radius 3 is 2.95 bits per heavy atom. The minimum atomic E-state index is -0.0288. The number of allylic oxidation sites excluding steroid dienone is 1. The molecule has 1 aliphatic heterocycles. The van der Waals surface area contributed by atoms with Crippen LogP contribution in [0.15, 0.2) is 43.1 Å². The number of carbonyl (C=O) groups excluding carboxylic acids is 1. The van der Waals surface area contributed by atoms with Crippen molar-refractivity contribution in [3.05, 3.63) is 54.3 Å². The van der Waals surface area contributed by atoms with E-state index in [-0.39, 0.29) is 11.9 Å². The van der Waals surface area contributed by atoms with E-state index < -0.39 is 0 Å². The van der Waals surface area contributed by atoms with Gasteiger partial charge in [-0.05, 0) is 36.6 Å². The summed E-state index contributed by atoms with van der Waals surface area (Å²) in [7, 11) is 3.46. The van der Waals surface area contributed by atoms with Gasteiger partial charge in [0.05, 0.1) is 13.2 Å². The van der Waals surface area contributed by atoms with Crippen LogP contribution >= 0.6 is 0 Å². The Morgan fingerprint density at radius 1 is 1.57 bits per heavy atom. The number of benzene rings is 1. The van der Waals surface area contributed by atoms with Gasteiger partial charge in [0.25, 0.3) is 5.91 Å². The lowest BCUT2D eigenvalue weighted by Gasteiger charge is -2.29. The molecule has 1 aromatic carbocycles. The van der Waals surface area contributed by atoms with Crippen LogP contribution in [0, 0.1) is 0 Å². The molecular weight excluding hydrogens is 264 g/mol. The molecule has 0 spiro atoms. The van der Waals surface area contributed by atoms with Crippen LogP contribution in [0.5, 0.6) is 5.75 Å². The average molecular weight is 286 g/mol. The van der Waals surface area contributed by atoms with Gasteiger partial charge in [-0.1, -0.05) is 12.7 Å². The summed E-state index contributed by atoms with van der Waals surface area (Å²) in [5.74, 6) is 0.830. The molecule has 1 aromatic rings. The molecule has 112 valence electrons. The van der Waals surface area contributed by atoms with E-state index in [4.69, 9.17) is 4.74 Å². The van der Waals surface area contributed by atoms with Gasteiger partial charge in [-0.25, -0.2) is 0 Å². The molecule has 4 heteroatoms. The van der Waals surface area contributed by atoms with E-state index in [1.807, 2.05) is 36.2 Å². The summed E-state index contributed by atoms with van der Waals surface area (Å²) in [4.78, 5) is 14.5. The SMILES string of the molecule is C=CCCC(C(=C)NC)N1Cc2cc(OC)ccc2C1=O. The van der Waals surface area contributed by atoms with Crippen LogP contribution in [0.3, 0.4) is 0 Å². The molecule has 0 saturated heterocycles. The standard InChI is InChI=1S/C17H22N2O2/c1-5-6-7-16(12(2)18-3)19-11-13-10-14(21-4)8-9-15(13)17(19)20/h5,8-10,16,18H,1-2,6-7,11H2,3-4H3. The topological polar surface area (TPSA) is 41.6 Å². The van der Waals surface area contributed by atoms with Crippen molar-refractivity contribution < 1.29 is 9.53 Å². The quantitative estimate of drug-likeness (QED) is 0.784. The van der Waals surface area contributed by atoms with Gasteiger partial charge in [0, 0.05) is 24.9 Å². The summed E-state index contributed by atoms with van der Waals surface area (Å²) in [5, 5.41) is 3.07. The van der Waals surface area contributed by atoms with Gasteiger partial charge in [0.2, 0.25) is 0 Å². The first-order valence-corrected chi connectivity index (χ1v) is 7.07. The summed E-state index contributed by atoms with van der Waals surface area (Å²) >= 11 is 0. The fourth-order valence-corrected chi connectivity index (χ4v) is 2.66. The van der Waals surface area contributed by atoms with Crippen molar-refractivity contribution in [2.24, 2.45) is 0 Å². The van der Waals surface area contributed by atoms with Crippen LogP contribution in [0.1, 0.15) is 28.8 Å². The molecule has 0 aromatic heterocycles. The number of nitrogens with one attached hydrogen (secondary N) is 1. The first-order chi connectivity index (χ1) is 10.1. The Balaban J connectivity index is 2.26. The van der Waals surface area contributed by atoms with E-state index in [2.05, 4.69) is 18.5 Å². The number of ether oxygens (including phenoxy) is 1. The Morgan fingerprint density at radius 2 is 2.33 bits per heavy atom. The van der Waals surface area contributed by atoms with Gasteiger partial charge in [0.15, 0.2) is 0 Å². The molecule has 1 N–H and O–H groups in total.